The lowest BCUT2D eigenvalue weighted by molar-refractivity contribution is 0.0919. The standard InChI is InChI=1S/C55H62O8P4/c1-25-11-13-35(18-27(25)3)51-32(8)20-39-29(5)17-30(6)45(54(39)58-51)47-33(9)53(36-14-12-26(2)28(4)19-36)59-55-46(47)31(7)21-40(56)49(55)48-34(10)52(37-15-16-41(61-65)42(22-37)62-66)57-43-23-38(60-64)24-44(63-67)50(43)48/h11-19,21-24,32-34,47-48,51-53,56H,20,64-67H2,1-10H3. The van der Waals surface area contributed by atoms with E-state index in [4.69, 9.17) is 32.3 Å². The maximum Gasteiger partial charge on any atom is 0.165 e. The van der Waals surface area contributed by atoms with Crippen LogP contribution >= 0.6 is 37.9 Å². The maximum absolute atomic E-state index is 12.7. The van der Waals surface area contributed by atoms with E-state index in [-0.39, 0.29) is 41.6 Å². The third-order valence-corrected chi connectivity index (χ3v) is 16.1. The molecule has 9 rings (SSSR count). The van der Waals surface area contributed by atoms with Crippen LogP contribution in [0.3, 0.4) is 0 Å². The molecule has 1 N–H and O–H groups in total. The molecule has 67 heavy (non-hydrogen) atoms. The van der Waals surface area contributed by atoms with E-state index >= 15 is 0 Å². The molecular weight excluding hydrogens is 912 g/mol. The fourth-order valence-electron chi connectivity index (χ4n) is 11.3. The fourth-order valence-corrected chi connectivity index (χ4v) is 12.0. The molecule has 8 nitrogen and oxygen atoms in total. The molecule has 12 unspecified atom stereocenters. The second-order valence-electron chi connectivity index (χ2n) is 19.3. The lowest BCUT2D eigenvalue weighted by Gasteiger charge is -2.45. The van der Waals surface area contributed by atoms with Crippen LogP contribution in [0.25, 0.3) is 0 Å². The summed E-state index contributed by atoms with van der Waals surface area (Å²) in [7, 11) is 9.34. The predicted molar refractivity (Wildman–Crippen MR) is 280 cm³/mol. The normalized spacial score (nSPS) is 22.8. The van der Waals surface area contributed by atoms with Gasteiger partial charge in [-0.05, 0) is 134 Å². The van der Waals surface area contributed by atoms with Gasteiger partial charge in [-0.25, -0.2) is 0 Å². The Bertz CT molecular complexity index is 2920. The zero-order chi connectivity index (χ0) is 47.7. The number of aromatic hydroxyl groups is 1. The van der Waals surface area contributed by atoms with Gasteiger partial charge >= 0.3 is 0 Å². The number of hydrogen-bond donors (Lipinski definition) is 1. The number of aryl methyl sites for hydroxylation is 7. The highest BCUT2D eigenvalue weighted by atomic mass is 31.0. The van der Waals surface area contributed by atoms with Crippen molar-refractivity contribution in [2.75, 3.05) is 0 Å². The van der Waals surface area contributed by atoms with Gasteiger partial charge in [-0.1, -0.05) is 69.3 Å². The molecule has 0 amide bonds. The minimum atomic E-state index is -0.513. The summed E-state index contributed by atoms with van der Waals surface area (Å²) >= 11 is 0. The molecule has 0 saturated heterocycles. The number of ether oxygens (including phenoxy) is 3. The Kier molecular flexibility index (Phi) is 13.3. The Morgan fingerprint density at radius 1 is 0.463 bits per heavy atom. The summed E-state index contributed by atoms with van der Waals surface area (Å²) in [5.41, 5.74) is 16.3. The smallest absolute Gasteiger partial charge is 0.165 e. The van der Waals surface area contributed by atoms with Crippen LogP contribution in [-0.2, 0) is 6.42 Å². The van der Waals surface area contributed by atoms with Gasteiger partial charge in [0.05, 0.1) is 37.9 Å². The van der Waals surface area contributed by atoms with E-state index in [0.29, 0.717) is 40.1 Å². The molecule has 12 heteroatoms. The molecule has 3 aliphatic rings. The molecule has 6 aromatic rings. The average Bonchev–Trinajstić information content (AvgIpc) is 3.31. The highest BCUT2D eigenvalue weighted by Gasteiger charge is 2.48. The largest absolute Gasteiger partial charge is 0.507 e. The molecule has 3 heterocycles. The fraction of sp³-hybridized carbons (Fsp3) is 0.345. The Morgan fingerprint density at radius 3 is 1.61 bits per heavy atom. The van der Waals surface area contributed by atoms with E-state index < -0.39 is 12.0 Å². The first kappa shape index (κ1) is 47.5. The SMILES string of the molecule is Cc1ccc(C2Oc3c(c(C)cc(C)c3C3c4c(C)cc(O)c(C5c6c(OP)cc(OP)cc6OC(c6ccc(OP)c(OP)c6)C5C)c4OC(c4ccc(C)c(C)c4)C3C)CC2C)cc1C. The summed E-state index contributed by atoms with van der Waals surface area (Å²) in [5, 5.41) is 12.7. The van der Waals surface area contributed by atoms with Gasteiger partial charge in [0, 0.05) is 64.0 Å². The Morgan fingerprint density at radius 2 is 1.00 bits per heavy atom. The first-order valence-electron chi connectivity index (χ1n) is 23.0. The number of benzene rings is 6. The monoisotopic (exact) mass is 974 g/mol. The van der Waals surface area contributed by atoms with E-state index in [0.717, 1.165) is 40.0 Å². The van der Waals surface area contributed by atoms with Crippen molar-refractivity contribution in [3.8, 4) is 46.0 Å². The van der Waals surface area contributed by atoms with Gasteiger partial charge in [0.2, 0.25) is 0 Å². The third-order valence-electron chi connectivity index (χ3n) is 15.0. The van der Waals surface area contributed by atoms with E-state index in [1.54, 1.807) is 0 Å². The molecule has 0 spiro atoms. The van der Waals surface area contributed by atoms with Crippen LogP contribution in [0.1, 0.15) is 134 Å². The first-order chi connectivity index (χ1) is 32.1. The van der Waals surface area contributed by atoms with E-state index in [2.05, 4.69) is 150 Å². The Balaban J connectivity index is 1.32. The lowest BCUT2D eigenvalue weighted by atomic mass is 9.68. The van der Waals surface area contributed by atoms with Gasteiger partial charge in [0.15, 0.2) is 11.5 Å². The highest BCUT2D eigenvalue weighted by molar-refractivity contribution is 7.11. The summed E-state index contributed by atoms with van der Waals surface area (Å²) in [5.74, 6) is 3.74. The summed E-state index contributed by atoms with van der Waals surface area (Å²) in [4.78, 5) is 0. The average molecular weight is 975 g/mol. The van der Waals surface area contributed by atoms with Crippen LogP contribution < -0.4 is 32.3 Å². The quantitative estimate of drug-likeness (QED) is 0.143. The number of phenols is 1. The van der Waals surface area contributed by atoms with Gasteiger partial charge in [-0.3, -0.25) is 0 Å². The van der Waals surface area contributed by atoms with Gasteiger partial charge in [-0.2, -0.15) is 0 Å². The van der Waals surface area contributed by atoms with Crippen molar-refractivity contribution in [2.24, 2.45) is 17.8 Å². The zero-order valence-electron chi connectivity index (χ0n) is 39.9. The maximum atomic E-state index is 12.7. The van der Waals surface area contributed by atoms with Crippen LogP contribution in [-0.4, -0.2) is 5.11 Å². The lowest BCUT2D eigenvalue weighted by Crippen LogP contribution is -2.34. The summed E-state index contributed by atoms with van der Waals surface area (Å²) in [6.45, 7) is 22.0. The van der Waals surface area contributed by atoms with Gasteiger partial charge in [0.1, 0.15) is 52.8 Å². The second-order valence-corrected chi connectivity index (χ2v) is 20.2. The molecule has 0 saturated carbocycles. The molecule has 3 aliphatic heterocycles. The molecule has 0 fully saturated rings. The van der Waals surface area contributed by atoms with Gasteiger partial charge in [0.25, 0.3) is 0 Å². The molecule has 0 aromatic heterocycles. The van der Waals surface area contributed by atoms with E-state index in [1.807, 2.05) is 36.4 Å². The molecule has 12 atom stereocenters. The number of fused-ring (bicyclic) bond motifs is 3. The van der Waals surface area contributed by atoms with Gasteiger partial charge < -0.3 is 37.4 Å². The number of hydrogen-bond acceptors (Lipinski definition) is 8. The van der Waals surface area contributed by atoms with Crippen LogP contribution in [0.4, 0.5) is 0 Å². The van der Waals surface area contributed by atoms with Crippen molar-refractivity contribution in [1.82, 2.24) is 0 Å². The summed E-state index contributed by atoms with van der Waals surface area (Å²) < 4.78 is 45.2. The van der Waals surface area contributed by atoms with Crippen molar-refractivity contribution in [3.63, 3.8) is 0 Å². The molecule has 0 radical (unpaired) electrons. The van der Waals surface area contributed by atoms with Crippen molar-refractivity contribution in [1.29, 1.82) is 0 Å². The van der Waals surface area contributed by atoms with E-state index in [9.17, 15) is 5.11 Å². The first-order valence-corrected chi connectivity index (χ1v) is 24.9. The zero-order valence-corrected chi connectivity index (χ0v) is 44.6. The third kappa shape index (κ3) is 8.23. The van der Waals surface area contributed by atoms with Crippen LogP contribution in [0, 0.1) is 66.2 Å². The molecule has 6 aromatic carbocycles. The Labute approximate surface area is 405 Å². The minimum Gasteiger partial charge on any atom is -0.507 e. The highest BCUT2D eigenvalue weighted by Crippen LogP contribution is 2.63. The summed E-state index contributed by atoms with van der Waals surface area (Å²) in [6, 6.07) is 27.2. The minimum absolute atomic E-state index is 0.0538. The molecule has 0 aliphatic carbocycles. The second kappa shape index (κ2) is 18.7. The molecule has 0 bridgehead atoms. The van der Waals surface area contributed by atoms with Gasteiger partial charge in [-0.15, -0.1) is 0 Å². The van der Waals surface area contributed by atoms with E-state index in [1.165, 1.54) is 50.1 Å². The predicted octanol–water partition coefficient (Wildman–Crippen LogP) is 14.3. The van der Waals surface area contributed by atoms with Crippen molar-refractivity contribution >= 4 is 37.9 Å². The van der Waals surface area contributed by atoms with Crippen molar-refractivity contribution in [2.45, 2.75) is 106 Å². The van der Waals surface area contributed by atoms with Crippen LogP contribution in [0.2, 0.25) is 0 Å². The van der Waals surface area contributed by atoms with Crippen LogP contribution in [0.15, 0.2) is 78.9 Å². The number of phenolic OH excluding ortho intramolecular Hbond substituents is 1. The van der Waals surface area contributed by atoms with Crippen LogP contribution in [0.5, 0.6) is 46.0 Å². The molecular formula is C55H62O8P4. The van der Waals surface area contributed by atoms with Crippen molar-refractivity contribution in [3.05, 3.63) is 162 Å². The molecule has 350 valence electrons. The topological polar surface area (TPSA) is 84.8 Å². The summed E-state index contributed by atoms with van der Waals surface area (Å²) in [6.07, 6.45) is -0.133. The number of rotatable bonds is 9. The van der Waals surface area contributed by atoms with Crippen molar-refractivity contribution < 1.29 is 37.4 Å². The Hall–Kier alpha value is -4.56.